The third kappa shape index (κ3) is 6.69. The van der Waals surface area contributed by atoms with Crippen LogP contribution in [0.25, 0.3) is 11.0 Å². The molecule has 0 unspecified atom stereocenters. The van der Waals surface area contributed by atoms with Gasteiger partial charge in [-0.25, -0.2) is 18.4 Å². The van der Waals surface area contributed by atoms with Gasteiger partial charge in [0.15, 0.2) is 5.82 Å². The molecule has 11 heteroatoms. The van der Waals surface area contributed by atoms with Crippen molar-refractivity contribution in [1.29, 1.82) is 0 Å². The fraction of sp³-hybridized carbons (Fsp3) is 0.250. The summed E-state index contributed by atoms with van der Waals surface area (Å²) in [5.74, 6) is 0.434. The summed E-state index contributed by atoms with van der Waals surface area (Å²) in [5, 5.41) is 15.0. The molecule has 10 nitrogen and oxygen atoms in total. The van der Waals surface area contributed by atoms with Crippen LogP contribution < -0.4 is 15.4 Å². The van der Waals surface area contributed by atoms with E-state index in [-0.39, 0.29) is 34.8 Å². The Kier molecular flexibility index (Phi) is 8.75. The number of sulfone groups is 1. The summed E-state index contributed by atoms with van der Waals surface area (Å²) in [7, 11) is 0.996. The van der Waals surface area contributed by atoms with Crippen LogP contribution >= 0.6 is 0 Å². The molecular formula is C28H31N5O5S. The van der Waals surface area contributed by atoms with Gasteiger partial charge in [-0.15, -0.1) is 0 Å². The highest BCUT2D eigenvalue weighted by atomic mass is 32.2. The van der Waals surface area contributed by atoms with Crippen LogP contribution in [0.2, 0.25) is 0 Å². The number of aliphatic hydroxyl groups is 1. The molecule has 0 fully saturated rings. The zero-order valence-corrected chi connectivity index (χ0v) is 22.8. The van der Waals surface area contributed by atoms with Crippen LogP contribution in [0.5, 0.6) is 5.75 Å². The van der Waals surface area contributed by atoms with Gasteiger partial charge in [-0.1, -0.05) is 18.2 Å². The second-order valence-corrected chi connectivity index (χ2v) is 11.0. The van der Waals surface area contributed by atoms with Gasteiger partial charge in [0.25, 0.3) is 0 Å². The third-order valence-electron chi connectivity index (χ3n) is 5.88. The highest BCUT2D eigenvalue weighted by Gasteiger charge is 2.26. The van der Waals surface area contributed by atoms with Crippen molar-refractivity contribution in [2.45, 2.75) is 22.8 Å². The van der Waals surface area contributed by atoms with Gasteiger partial charge < -0.3 is 25.4 Å². The zero-order valence-electron chi connectivity index (χ0n) is 22.0. The lowest BCUT2D eigenvalue weighted by atomic mass is 10.1. The number of methoxy groups -OCH3 is 1. The van der Waals surface area contributed by atoms with Crippen LogP contribution in [0.3, 0.4) is 0 Å². The molecule has 0 atom stereocenters. The summed E-state index contributed by atoms with van der Waals surface area (Å²) in [6.45, 7) is 0.221. The first kappa shape index (κ1) is 28.0. The van der Waals surface area contributed by atoms with E-state index in [0.717, 1.165) is 5.56 Å². The number of amides is 1. The Hall–Kier alpha value is -4.06. The second kappa shape index (κ2) is 12.2. The summed E-state index contributed by atoms with van der Waals surface area (Å²) in [4.78, 5) is 22.9. The van der Waals surface area contributed by atoms with Gasteiger partial charge >= 0.3 is 0 Å². The number of nitrogens with one attached hydrogen (secondary N) is 2. The van der Waals surface area contributed by atoms with E-state index in [0.29, 0.717) is 41.0 Å². The Morgan fingerprint density at radius 3 is 2.33 bits per heavy atom. The zero-order chi connectivity index (χ0) is 28.0. The van der Waals surface area contributed by atoms with Gasteiger partial charge in [-0.3, -0.25) is 4.79 Å². The molecule has 1 amide bonds. The quantitative estimate of drug-likeness (QED) is 0.256. The van der Waals surface area contributed by atoms with Gasteiger partial charge in [-0.2, -0.15) is 0 Å². The number of nitrogens with zero attached hydrogens (tertiary/aromatic N) is 3. The molecule has 1 heterocycles. The molecule has 0 spiro atoms. The average molecular weight is 550 g/mol. The molecule has 0 radical (unpaired) electrons. The van der Waals surface area contributed by atoms with Crippen molar-refractivity contribution in [1.82, 2.24) is 14.9 Å². The summed E-state index contributed by atoms with van der Waals surface area (Å²) >= 11 is 0. The van der Waals surface area contributed by atoms with E-state index >= 15 is 0 Å². The van der Waals surface area contributed by atoms with Gasteiger partial charge in [0.1, 0.15) is 5.75 Å². The van der Waals surface area contributed by atoms with Crippen LogP contribution in [0.1, 0.15) is 12.0 Å². The second-order valence-electron chi connectivity index (χ2n) is 9.16. The molecular weight excluding hydrogens is 518 g/mol. The van der Waals surface area contributed by atoms with Crippen LogP contribution in [-0.2, 0) is 21.1 Å². The molecule has 4 aromatic rings. The third-order valence-corrected chi connectivity index (χ3v) is 7.56. The number of carbonyl (C=O) groups is 1. The first-order valence-corrected chi connectivity index (χ1v) is 13.8. The molecule has 1 aromatic heterocycles. The fourth-order valence-electron chi connectivity index (χ4n) is 3.98. The molecule has 0 bridgehead atoms. The molecule has 3 aromatic carbocycles. The Balaban J connectivity index is 1.76. The molecule has 0 aliphatic carbocycles. The van der Waals surface area contributed by atoms with Crippen molar-refractivity contribution >= 4 is 44.0 Å². The summed E-state index contributed by atoms with van der Waals surface area (Å²) in [5.41, 5.74) is 2.90. The molecule has 4 rings (SSSR count). The minimum atomic E-state index is -4.12. The van der Waals surface area contributed by atoms with E-state index in [1.165, 1.54) is 24.3 Å². The largest absolute Gasteiger partial charge is 0.497 e. The minimum Gasteiger partial charge on any atom is -0.497 e. The highest BCUT2D eigenvalue weighted by molar-refractivity contribution is 7.91. The average Bonchev–Trinajstić information content (AvgIpc) is 2.91. The Morgan fingerprint density at radius 1 is 1.00 bits per heavy atom. The van der Waals surface area contributed by atoms with Crippen LogP contribution in [-0.4, -0.2) is 68.7 Å². The van der Waals surface area contributed by atoms with E-state index in [1.807, 2.05) is 6.07 Å². The Morgan fingerprint density at radius 2 is 1.69 bits per heavy atom. The first-order valence-electron chi connectivity index (χ1n) is 12.3. The lowest BCUT2D eigenvalue weighted by Crippen LogP contribution is -2.27. The first-order chi connectivity index (χ1) is 18.7. The van der Waals surface area contributed by atoms with Gasteiger partial charge in [0.2, 0.25) is 20.8 Å². The van der Waals surface area contributed by atoms with Crippen LogP contribution in [0, 0.1) is 0 Å². The fourth-order valence-corrected chi connectivity index (χ4v) is 5.27. The van der Waals surface area contributed by atoms with Gasteiger partial charge in [0, 0.05) is 24.0 Å². The Bertz CT molecular complexity index is 1570. The minimum absolute atomic E-state index is 0.00638. The standard InChI is InChI=1S/C28H31N5O5S/c1-33(2)18-26(35)29-20-11-14-22(15-12-20)39(36,37)28-27(30-23-8-4-5-9-24(23)32-28)31-25-17-21(38-3)13-10-19(25)7-6-16-34/h4-5,8-15,17,34H,6-7,16,18H2,1-3H3,(H,29,35)(H,30,31). The van der Waals surface area contributed by atoms with Crippen molar-refractivity contribution in [2.24, 2.45) is 0 Å². The van der Waals surface area contributed by atoms with Crippen molar-refractivity contribution in [2.75, 3.05) is 45.0 Å². The van der Waals surface area contributed by atoms with E-state index in [4.69, 9.17) is 4.74 Å². The summed E-state index contributed by atoms with van der Waals surface area (Å²) in [6.07, 6.45) is 1.10. The van der Waals surface area contributed by atoms with Gasteiger partial charge in [0.05, 0.1) is 29.6 Å². The monoisotopic (exact) mass is 549 g/mol. The topological polar surface area (TPSA) is 134 Å². The molecule has 0 aliphatic rings. The normalized spacial score (nSPS) is 11.5. The Labute approximate surface area is 227 Å². The number of rotatable bonds is 11. The summed E-state index contributed by atoms with van der Waals surface area (Å²) < 4.78 is 33.1. The number of para-hydroxylation sites is 2. The number of ether oxygens (including phenoxy) is 1. The number of hydrogen-bond acceptors (Lipinski definition) is 9. The molecule has 0 saturated carbocycles. The number of anilines is 3. The molecule has 0 saturated heterocycles. The molecule has 39 heavy (non-hydrogen) atoms. The van der Waals surface area contributed by atoms with Crippen molar-refractivity contribution in [3.05, 3.63) is 72.3 Å². The van der Waals surface area contributed by atoms with E-state index in [2.05, 4.69) is 20.6 Å². The highest BCUT2D eigenvalue weighted by Crippen LogP contribution is 2.32. The number of aromatic nitrogens is 2. The predicted molar refractivity (Wildman–Crippen MR) is 150 cm³/mol. The number of carbonyl (C=O) groups excluding carboxylic acids is 1. The van der Waals surface area contributed by atoms with Crippen LogP contribution in [0.15, 0.2) is 76.7 Å². The predicted octanol–water partition coefficient (Wildman–Crippen LogP) is 3.64. The summed E-state index contributed by atoms with van der Waals surface area (Å²) in [6, 6.07) is 18.4. The number of aryl methyl sites for hydroxylation is 1. The maximum Gasteiger partial charge on any atom is 0.238 e. The number of fused-ring (bicyclic) bond motifs is 1. The number of aliphatic hydroxyl groups excluding tert-OH is 1. The molecule has 3 N–H and O–H groups in total. The number of likely N-dealkylation sites (N-methyl/N-ethyl adjacent to an activating group) is 1. The SMILES string of the molecule is COc1ccc(CCCO)c(Nc2nc3ccccc3nc2S(=O)(=O)c2ccc(NC(=O)CN(C)C)cc2)c1. The van der Waals surface area contributed by atoms with E-state index < -0.39 is 9.84 Å². The number of hydrogen-bond donors (Lipinski definition) is 3. The van der Waals surface area contributed by atoms with Crippen molar-refractivity contribution < 1.29 is 23.1 Å². The number of benzene rings is 3. The van der Waals surface area contributed by atoms with Crippen molar-refractivity contribution in [3.8, 4) is 5.75 Å². The maximum absolute atomic E-state index is 13.9. The van der Waals surface area contributed by atoms with Crippen LogP contribution in [0.4, 0.5) is 17.2 Å². The lowest BCUT2D eigenvalue weighted by molar-refractivity contribution is -0.116. The smallest absolute Gasteiger partial charge is 0.238 e. The van der Waals surface area contributed by atoms with E-state index in [9.17, 15) is 18.3 Å². The maximum atomic E-state index is 13.9. The molecule has 204 valence electrons. The van der Waals surface area contributed by atoms with Gasteiger partial charge in [-0.05, 0) is 75.0 Å². The van der Waals surface area contributed by atoms with E-state index in [1.54, 1.807) is 62.5 Å². The van der Waals surface area contributed by atoms with Crippen molar-refractivity contribution in [3.63, 3.8) is 0 Å². The lowest BCUT2D eigenvalue weighted by Gasteiger charge is -2.16. The molecule has 0 aliphatic heterocycles.